The molecule has 1 N–H and O–H groups in total. The Hall–Kier alpha value is -3.51. The van der Waals surface area contributed by atoms with Crippen LogP contribution in [0.25, 0.3) is 5.69 Å². The number of pyridine rings is 1. The quantitative estimate of drug-likeness (QED) is 0.376. The molecule has 0 bridgehead atoms. The van der Waals surface area contributed by atoms with Crippen molar-refractivity contribution in [3.8, 4) is 5.69 Å². The van der Waals surface area contributed by atoms with Gasteiger partial charge in [-0.05, 0) is 87.1 Å². The van der Waals surface area contributed by atoms with Gasteiger partial charge < -0.3 is 14.8 Å². The fourth-order valence-electron chi connectivity index (χ4n) is 4.75. The molecule has 0 spiro atoms. The average Bonchev–Trinajstić information content (AvgIpc) is 3.30. The molecule has 2 aromatic heterocycles. The van der Waals surface area contributed by atoms with Crippen LogP contribution in [0.3, 0.4) is 0 Å². The maximum absolute atomic E-state index is 14.0. The van der Waals surface area contributed by atoms with Crippen molar-refractivity contribution in [1.82, 2.24) is 14.9 Å². The van der Waals surface area contributed by atoms with E-state index in [9.17, 15) is 4.39 Å². The molecule has 0 saturated carbocycles. The molecule has 0 amide bonds. The van der Waals surface area contributed by atoms with Crippen LogP contribution in [0, 0.1) is 26.6 Å². The summed E-state index contributed by atoms with van der Waals surface area (Å²) in [5, 5.41) is 4.17. The highest BCUT2D eigenvalue weighted by Gasteiger charge is 2.42. The predicted octanol–water partition coefficient (Wildman–Crippen LogP) is 6.11. The van der Waals surface area contributed by atoms with E-state index in [0.29, 0.717) is 5.11 Å². The smallest absolute Gasteiger partial charge is 0.174 e. The summed E-state index contributed by atoms with van der Waals surface area (Å²) in [6.45, 7) is 6.20. The number of hydrogen-bond donors (Lipinski definition) is 1. The number of nitrogens with zero attached hydrogens (tertiary/aromatic N) is 3. The molecule has 1 aliphatic heterocycles. The lowest BCUT2D eigenvalue weighted by Crippen LogP contribution is -2.29. The van der Waals surface area contributed by atoms with Gasteiger partial charge in [0.1, 0.15) is 5.82 Å². The molecule has 6 heteroatoms. The molecule has 1 aliphatic rings. The van der Waals surface area contributed by atoms with Gasteiger partial charge in [0.15, 0.2) is 5.11 Å². The van der Waals surface area contributed by atoms with E-state index in [0.717, 1.165) is 34.0 Å². The number of aromatic nitrogens is 2. The van der Waals surface area contributed by atoms with Crippen LogP contribution in [-0.2, 0) is 0 Å². The van der Waals surface area contributed by atoms with Crippen molar-refractivity contribution in [3.05, 3.63) is 113 Å². The monoisotopic (exact) mass is 456 g/mol. The van der Waals surface area contributed by atoms with E-state index in [1.807, 2.05) is 37.4 Å². The van der Waals surface area contributed by atoms with Crippen LogP contribution in [0.2, 0.25) is 0 Å². The third-order valence-corrected chi connectivity index (χ3v) is 6.58. The Kier molecular flexibility index (Phi) is 5.46. The van der Waals surface area contributed by atoms with Gasteiger partial charge in [-0.25, -0.2) is 4.39 Å². The van der Waals surface area contributed by atoms with Gasteiger partial charge in [-0.15, -0.1) is 0 Å². The Labute approximate surface area is 198 Å². The summed E-state index contributed by atoms with van der Waals surface area (Å²) in [7, 11) is 0. The topological polar surface area (TPSA) is 33.1 Å². The largest absolute Gasteiger partial charge is 0.351 e. The van der Waals surface area contributed by atoms with Gasteiger partial charge in [-0.2, -0.15) is 0 Å². The second-order valence-electron chi connectivity index (χ2n) is 8.47. The lowest BCUT2D eigenvalue weighted by atomic mass is 9.96. The Morgan fingerprint density at radius 1 is 0.909 bits per heavy atom. The number of halogens is 1. The lowest BCUT2D eigenvalue weighted by Gasteiger charge is -2.28. The van der Waals surface area contributed by atoms with E-state index >= 15 is 0 Å². The number of rotatable bonds is 4. The second-order valence-corrected chi connectivity index (χ2v) is 8.86. The van der Waals surface area contributed by atoms with Crippen LogP contribution in [0.15, 0.2) is 79.0 Å². The molecule has 0 radical (unpaired) electrons. The van der Waals surface area contributed by atoms with Gasteiger partial charge in [0.2, 0.25) is 0 Å². The zero-order chi connectivity index (χ0) is 23.1. The third-order valence-electron chi connectivity index (χ3n) is 6.27. The highest BCUT2D eigenvalue weighted by molar-refractivity contribution is 7.80. The van der Waals surface area contributed by atoms with Crippen LogP contribution < -0.4 is 10.2 Å². The van der Waals surface area contributed by atoms with Crippen molar-refractivity contribution in [2.75, 3.05) is 4.90 Å². The highest BCUT2D eigenvalue weighted by Crippen LogP contribution is 2.43. The number of nitrogens with one attached hydrogen (secondary N) is 1. The van der Waals surface area contributed by atoms with E-state index in [4.69, 9.17) is 12.2 Å². The molecule has 0 unspecified atom stereocenters. The molecule has 0 aliphatic carbocycles. The van der Waals surface area contributed by atoms with E-state index in [1.54, 1.807) is 12.1 Å². The van der Waals surface area contributed by atoms with Crippen LogP contribution in [0.4, 0.5) is 10.1 Å². The predicted molar refractivity (Wildman–Crippen MR) is 134 cm³/mol. The summed E-state index contributed by atoms with van der Waals surface area (Å²) in [6, 6.07) is 23.0. The van der Waals surface area contributed by atoms with Crippen LogP contribution in [-0.4, -0.2) is 14.7 Å². The fraction of sp³-hybridized carbons (Fsp3) is 0.185. The lowest BCUT2D eigenvalue weighted by molar-refractivity contribution is 0.565. The first-order valence-electron chi connectivity index (χ1n) is 11.0. The van der Waals surface area contributed by atoms with Gasteiger partial charge in [0.05, 0.1) is 17.8 Å². The van der Waals surface area contributed by atoms with Crippen molar-refractivity contribution < 1.29 is 4.39 Å². The molecular formula is C27H25FN4S. The van der Waals surface area contributed by atoms with Crippen molar-refractivity contribution in [2.45, 2.75) is 32.9 Å². The van der Waals surface area contributed by atoms with E-state index < -0.39 is 0 Å². The fourth-order valence-corrected chi connectivity index (χ4v) is 5.10. The SMILES string of the molecule is Cc1ccc(N2C(=S)N[C@H](c3ccccn3)[C@H]2c2cc(C)n(-c3cccc(F)c3)c2C)cc1. The average molecular weight is 457 g/mol. The van der Waals surface area contributed by atoms with E-state index in [1.165, 1.54) is 11.6 Å². The van der Waals surface area contributed by atoms with Gasteiger partial charge in [0, 0.05) is 29.0 Å². The Morgan fingerprint density at radius 3 is 2.39 bits per heavy atom. The van der Waals surface area contributed by atoms with Gasteiger partial charge in [-0.3, -0.25) is 4.98 Å². The highest BCUT2D eigenvalue weighted by atomic mass is 32.1. The number of aryl methyl sites for hydroxylation is 2. The summed E-state index contributed by atoms with van der Waals surface area (Å²) < 4.78 is 16.1. The zero-order valence-corrected chi connectivity index (χ0v) is 19.6. The number of hydrogen-bond acceptors (Lipinski definition) is 2. The van der Waals surface area contributed by atoms with Crippen molar-refractivity contribution in [3.63, 3.8) is 0 Å². The van der Waals surface area contributed by atoms with Crippen LogP contribution in [0.5, 0.6) is 0 Å². The summed E-state index contributed by atoms with van der Waals surface area (Å²) >= 11 is 5.83. The number of benzene rings is 2. The Balaban J connectivity index is 1.68. The van der Waals surface area contributed by atoms with Gasteiger partial charge in [0.25, 0.3) is 0 Å². The maximum atomic E-state index is 14.0. The standard InChI is InChI=1S/C27H25FN4S/c1-17-10-12-21(13-11-17)32-26(25(30-27(32)33)24-9-4-5-14-29-24)23-15-18(2)31(19(23)3)22-8-6-7-20(28)16-22/h4-16,25-26H,1-3H3,(H,30,33)/t25-,26-/m1/s1. The minimum Gasteiger partial charge on any atom is -0.351 e. The summed E-state index contributed by atoms with van der Waals surface area (Å²) in [5.74, 6) is -0.252. The van der Waals surface area contributed by atoms with Gasteiger partial charge in [-0.1, -0.05) is 29.8 Å². The molecule has 1 saturated heterocycles. The molecule has 5 rings (SSSR count). The van der Waals surface area contributed by atoms with Crippen molar-refractivity contribution >= 4 is 23.0 Å². The molecule has 4 aromatic rings. The van der Waals surface area contributed by atoms with Crippen molar-refractivity contribution in [2.24, 2.45) is 0 Å². The first kappa shape index (κ1) is 21.3. The molecular weight excluding hydrogens is 431 g/mol. The Morgan fingerprint density at radius 2 is 1.70 bits per heavy atom. The summed E-state index contributed by atoms with van der Waals surface area (Å²) in [5.41, 5.74) is 7.16. The number of thiocarbonyl (C=S) groups is 1. The molecule has 1 fully saturated rings. The van der Waals surface area contributed by atoms with Crippen LogP contribution in [0.1, 0.15) is 40.3 Å². The first-order chi connectivity index (χ1) is 15.9. The summed E-state index contributed by atoms with van der Waals surface area (Å²) in [4.78, 5) is 6.81. The normalized spacial score (nSPS) is 17.9. The third kappa shape index (κ3) is 3.80. The molecule has 4 nitrogen and oxygen atoms in total. The Bertz CT molecular complexity index is 1310. The zero-order valence-electron chi connectivity index (χ0n) is 18.8. The molecule has 33 heavy (non-hydrogen) atoms. The van der Waals surface area contributed by atoms with Crippen LogP contribution >= 0.6 is 12.2 Å². The molecule has 2 aromatic carbocycles. The van der Waals surface area contributed by atoms with Crippen molar-refractivity contribution in [1.29, 1.82) is 0 Å². The maximum Gasteiger partial charge on any atom is 0.174 e. The van der Waals surface area contributed by atoms with Gasteiger partial charge >= 0.3 is 0 Å². The minimum atomic E-state index is -0.252. The van der Waals surface area contributed by atoms with E-state index in [-0.39, 0.29) is 17.9 Å². The summed E-state index contributed by atoms with van der Waals surface area (Å²) in [6.07, 6.45) is 1.81. The first-order valence-corrected chi connectivity index (χ1v) is 11.4. The molecule has 2 atom stereocenters. The second kappa shape index (κ2) is 8.45. The number of anilines is 1. The molecule has 166 valence electrons. The van der Waals surface area contributed by atoms with E-state index in [2.05, 4.69) is 63.9 Å². The minimum absolute atomic E-state index is 0.108. The molecule has 3 heterocycles.